The zero-order chi connectivity index (χ0) is 14.0. The molecule has 2 rings (SSSR count). The number of aryl methyl sites for hydroxylation is 1. The van der Waals surface area contributed by atoms with Crippen molar-refractivity contribution in [3.05, 3.63) is 63.9 Å². The highest BCUT2D eigenvalue weighted by Gasteiger charge is 2.19. The van der Waals surface area contributed by atoms with Crippen LogP contribution in [0.1, 0.15) is 21.5 Å². The van der Waals surface area contributed by atoms with Gasteiger partial charge in [0.15, 0.2) is 0 Å². The van der Waals surface area contributed by atoms with Crippen molar-refractivity contribution in [1.82, 2.24) is 0 Å². The lowest BCUT2D eigenvalue weighted by Crippen LogP contribution is -2.00. The summed E-state index contributed by atoms with van der Waals surface area (Å²) in [5, 5.41) is 0.414. The first-order valence-electron chi connectivity index (χ1n) is 5.77. The molecule has 19 heavy (non-hydrogen) atoms. The fourth-order valence-electron chi connectivity index (χ4n) is 1.97. The van der Waals surface area contributed by atoms with Gasteiger partial charge in [0.25, 0.3) is 0 Å². The summed E-state index contributed by atoms with van der Waals surface area (Å²) in [6.45, 7) is 1.96. The Bertz CT molecular complexity index is 580. The molecule has 100 valence electrons. The monoisotopic (exact) mass is 342 g/mol. The molecular formula is C15H13BrClFO. The molecule has 0 amide bonds. The smallest absolute Gasteiger partial charge is 0.129 e. The Kier molecular flexibility index (Phi) is 4.48. The minimum Gasteiger partial charge on any atom is -0.497 e. The van der Waals surface area contributed by atoms with Crippen LogP contribution >= 0.6 is 27.5 Å². The van der Waals surface area contributed by atoms with E-state index in [1.54, 1.807) is 19.2 Å². The van der Waals surface area contributed by atoms with E-state index in [-0.39, 0.29) is 10.6 Å². The van der Waals surface area contributed by atoms with Gasteiger partial charge in [-0.3, -0.25) is 0 Å². The van der Waals surface area contributed by atoms with Gasteiger partial charge in [-0.2, -0.15) is 0 Å². The summed E-state index contributed by atoms with van der Waals surface area (Å²) in [5.41, 5.74) is 2.44. The van der Waals surface area contributed by atoms with E-state index in [1.807, 2.05) is 25.1 Å². The number of hydrogen-bond donors (Lipinski definition) is 0. The van der Waals surface area contributed by atoms with Crippen LogP contribution in [0.4, 0.5) is 4.39 Å². The van der Waals surface area contributed by atoms with Crippen molar-refractivity contribution in [2.45, 2.75) is 11.8 Å². The fourth-order valence-corrected chi connectivity index (χ4v) is 3.35. The number of alkyl halides is 1. The van der Waals surface area contributed by atoms with Crippen molar-refractivity contribution in [1.29, 1.82) is 0 Å². The van der Waals surface area contributed by atoms with Crippen LogP contribution in [0.15, 0.2) is 36.4 Å². The molecule has 0 bridgehead atoms. The normalized spacial score (nSPS) is 12.3. The van der Waals surface area contributed by atoms with Crippen LogP contribution < -0.4 is 4.74 Å². The van der Waals surface area contributed by atoms with Crippen LogP contribution in [0.5, 0.6) is 5.75 Å². The molecule has 4 heteroatoms. The maximum Gasteiger partial charge on any atom is 0.129 e. The molecule has 0 N–H and O–H groups in total. The van der Waals surface area contributed by atoms with Gasteiger partial charge < -0.3 is 4.74 Å². The Balaban J connectivity index is 2.47. The minimum atomic E-state index is -0.315. The van der Waals surface area contributed by atoms with Gasteiger partial charge >= 0.3 is 0 Å². The summed E-state index contributed by atoms with van der Waals surface area (Å²) >= 11 is 9.62. The first-order chi connectivity index (χ1) is 9.04. The lowest BCUT2D eigenvalue weighted by atomic mass is 9.99. The van der Waals surface area contributed by atoms with Crippen molar-refractivity contribution < 1.29 is 9.13 Å². The molecule has 1 nitrogen and oxygen atoms in total. The fraction of sp³-hybridized carbons (Fsp3) is 0.200. The van der Waals surface area contributed by atoms with Crippen LogP contribution in [0.3, 0.4) is 0 Å². The molecule has 0 aliphatic heterocycles. The standard InChI is InChI=1S/C15H13BrClFO/c1-9-8-10(19-2)6-7-11(9)15(16)14-12(17)4-3-5-13(14)18/h3-8,15H,1-2H3. The van der Waals surface area contributed by atoms with Gasteiger partial charge in [-0.15, -0.1) is 0 Å². The first-order valence-corrected chi connectivity index (χ1v) is 7.06. The van der Waals surface area contributed by atoms with Crippen molar-refractivity contribution in [2.24, 2.45) is 0 Å². The molecule has 0 aliphatic carbocycles. The molecule has 2 aromatic carbocycles. The summed E-state index contributed by atoms with van der Waals surface area (Å²) in [4.78, 5) is -0.285. The van der Waals surface area contributed by atoms with Gasteiger partial charge in [0.05, 0.1) is 11.9 Å². The van der Waals surface area contributed by atoms with Crippen molar-refractivity contribution >= 4 is 27.5 Å². The van der Waals surface area contributed by atoms with Crippen molar-refractivity contribution in [3.63, 3.8) is 0 Å². The van der Waals surface area contributed by atoms with E-state index in [4.69, 9.17) is 16.3 Å². The van der Waals surface area contributed by atoms with E-state index in [9.17, 15) is 4.39 Å². The number of halogens is 3. The van der Waals surface area contributed by atoms with Gasteiger partial charge in [-0.05, 0) is 42.3 Å². The largest absolute Gasteiger partial charge is 0.497 e. The number of benzene rings is 2. The van der Waals surface area contributed by atoms with Crippen LogP contribution in [-0.4, -0.2) is 7.11 Å². The molecule has 1 atom stereocenters. The van der Waals surface area contributed by atoms with Gasteiger partial charge in [0, 0.05) is 10.6 Å². The van der Waals surface area contributed by atoms with Crippen molar-refractivity contribution in [3.8, 4) is 5.75 Å². The summed E-state index contributed by atoms with van der Waals surface area (Å²) in [6.07, 6.45) is 0. The van der Waals surface area contributed by atoms with Crippen LogP contribution in [0.2, 0.25) is 5.02 Å². The molecule has 0 saturated carbocycles. The van der Waals surface area contributed by atoms with Gasteiger partial charge in [0.2, 0.25) is 0 Å². The van der Waals surface area contributed by atoms with Gasteiger partial charge in [0.1, 0.15) is 11.6 Å². The van der Waals surface area contributed by atoms with E-state index in [0.717, 1.165) is 16.9 Å². The van der Waals surface area contributed by atoms with E-state index >= 15 is 0 Å². The zero-order valence-corrected chi connectivity index (χ0v) is 12.9. The average molecular weight is 344 g/mol. The highest BCUT2D eigenvalue weighted by Crippen LogP contribution is 2.38. The molecule has 0 aromatic heterocycles. The first kappa shape index (κ1) is 14.4. The van der Waals surface area contributed by atoms with Crippen LogP contribution in [0.25, 0.3) is 0 Å². The van der Waals surface area contributed by atoms with Gasteiger partial charge in [-0.1, -0.05) is 39.7 Å². The third-order valence-electron chi connectivity index (χ3n) is 3.00. The maximum atomic E-state index is 13.9. The van der Waals surface area contributed by atoms with Crippen LogP contribution in [-0.2, 0) is 0 Å². The second-order valence-corrected chi connectivity index (χ2v) is 5.54. The third-order valence-corrected chi connectivity index (χ3v) is 4.28. The Morgan fingerprint density at radius 1 is 1.26 bits per heavy atom. The van der Waals surface area contributed by atoms with E-state index in [2.05, 4.69) is 15.9 Å². The summed E-state index contributed by atoms with van der Waals surface area (Å²) < 4.78 is 19.1. The predicted octanol–water partition coefficient (Wildman–Crippen LogP) is 5.28. The Labute approximate surface area is 125 Å². The highest BCUT2D eigenvalue weighted by atomic mass is 79.9. The lowest BCUT2D eigenvalue weighted by molar-refractivity contribution is 0.414. The average Bonchev–Trinajstić information content (AvgIpc) is 2.38. The molecule has 0 radical (unpaired) electrons. The van der Waals surface area contributed by atoms with E-state index in [1.165, 1.54) is 6.07 Å². The Morgan fingerprint density at radius 3 is 2.58 bits per heavy atom. The number of ether oxygens (including phenoxy) is 1. The summed E-state index contributed by atoms with van der Waals surface area (Å²) in [5.74, 6) is 0.463. The number of methoxy groups -OCH3 is 1. The number of rotatable bonds is 3. The molecule has 0 fully saturated rings. The quantitative estimate of drug-likeness (QED) is 0.689. The third kappa shape index (κ3) is 2.93. The number of hydrogen-bond acceptors (Lipinski definition) is 1. The van der Waals surface area contributed by atoms with E-state index in [0.29, 0.717) is 10.6 Å². The van der Waals surface area contributed by atoms with E-state index < -0.39 is 0 Å². The molecule has 1 unspecified atom stereocenters. The predicted molar refractivity (Wildman–Crippen MR) is 79.9 cm³/mol. The lowest BCUT2D eigenvalue weighted by Gasteiger charge is -2.16. The maximum absolute atomic E-state index is 13.9. The molecule has 0 saturated heterocycles. The Hall–Kier alpha value is -1.06. The Morgan fingerprint density at radius 2 is 2.00 bits per heavy atom. The zero-order valence-electron chi connectivity index (χ0n) is 10.6. The molecule has 0 spiro atoms. The van der Waals surface area contributed by atoms with Gasteiger partial charge in [-0.25, -0.2) is 4.39 Å². The topological polar surface area (TPSA) is 9.23 Å². The second kappa shape index (κ2) is 5.93. The van der Waals surface area contributed by atoms with Crippen LogP contribution in [0, 0.1) is 12.7 Å². The molecule has 0 heterocycles. The van der Waals surface area contributed by atoms with Crippen molar-refractivity contribution in [2.75, 3.05) is 7.11 Å². The summed E-state index contributed by atoms with van der Waals surface area (Å²) in [7, 11) is 1.62. The molecule has 0 aliphatic rings. The second-order valence-electron chi connectivity index (χ2n) is 4.22. The summed E-state index contributed by atoms with van der Waals surface area (Å²) in [6, 6.07) is 10.4. The molecular weight excluding hydrogens is 331 g/mol. The molecule has 2 aromatic rings. The highest BCUT2D eigenvalue weighted by molar-refractivity contribution is 9.09. The SMILES string of the molecule is COc1ccc(C(Br)c2c(F)cccc2Cl)c(C)c1. The minimum absolute atomic E-state index is 0.285.